The Hall–Kier alpha value is 0.324. The van der Waals surface area contributed by atoms with Crippen molar-refractivity contribution in [1.82, 2.24) is 0 Å². The van der Waals surface area contributed by atoms with Crippen molar-refractivity contribution in [2.75, 3.05) is 0 Å². The summed E-state index contributed by atoms with van der Waals surface area (Å²) in [6.45, 7) is 5.78. The molecule has 1 fully saturated rings. The van der Waals surface area contributed by atoms with Crippen molar-refractivity contribution in [3.63, 3.8) is 0 Å². The van der Waals surface area contributed by atoms with Crippen LogP contribution in [0.1, 0.15) is 51.4 Å². The largest absolute Gasteiger partial charge is 0.361 e. The molecule has 0 aromatic rings. The van der Waals surface area contributed by atoms with Gasteiger partial charge in [-0.25, -0.2) is 0 Å². The molecular weight excluding hydrogens is 281 g/mol. The van der Waals surface area contributed by atoms with Gasteiger partial charge < -0.3 is 18.2 Å². The number of allylic oxidation sites excluding steroid dienone is 5. The Balaban J connectivity index is 0.00000108. The van der Waals surface area contributed by atoms with Crippen LogP contribution >= 0.6 is 0 Å². The van der Waals surface area contributed by atoms with Crippen LogP contribution in [0, 0.1) is 24.5 Å². The van der Waals surface area contributed by atoms with Crippen LogP contribution in [-0.4, -0.2) is 0 Å². The van der Waals surface area contributed by atoms with Gasteiger partial charge in [-0.05, 0) is 0 Å². The van der Waals surface area contributed by atoms with E-state index < -0.39 is 0 Å². The molecule has 0 aromatic heterocycles. The van der Waals surface area contributed by atoms with Crippen molar-refractivity contribution in [3.8, 4) is 0 Å². The van der Waals surface area contributed by atoms with Gasteiger partial charge in [0.25, 0.3) is 0 Å². The third kappa shape index (κ3) is 2.54. The summed E-state index contributed by atoms with van der Waals surface area (Å²) in [4.78, 5) is 0. The Morgan fingerprint density at radius 3 is 2.47 bits per heavy atom. The summed E-state index contributed by atoms with van der Waals surface area (Å²) in [7, 11) is 0. The van der Waals surface area contributed by atoms with Gasteiger partial charge in [-0.15, -0.1) is 5.92 Å². The summed E-state index contributed by atoms with van der Waals surface area (Å²) in [6, 6.07) is 0. The van der Waals surface area contributed by atoms with Gasteiger partial charge in [-0.2, -0.15) is 11.1 Å². The average Bonchev–Trinajstić information content (AvgIpc) is 2.38. The van der Waals surface area contributed by atoms with E-state index in [1.165, 1.54) is 62.5 Å². The molecule has 0 aliphatic heterocycles. The monoisotopic (exact) mass is 301 g/mol. The van der Waals surface area contributed by atoms with Crippen molar-refractivity contribution >= 4 is 0 Å². The van der Waals surface area contributed by atoms with E-state index in [1.807, 2.05) is 6.08 Å². The van der Waals surface area contributed by atoms with E-state index >= 15 is 0 Å². The van der Waals surface area contributed by atoms with E-state index in [-0.39, 0.29) is 32.7 Å². The molecule has 0 saturated heterocycles. The predicted molar refractivity (Wildman–Crippen MR) is 66.6 cm³/mol. The normalized spacial score (nSPS) is 31.9. The molecule has 0 bridgehead atoms. The standard InChI is InChI=1S/C16H20.Y/c1-2-12-11-13-7-3-4-9-15(13)16-10-6-5-8-14(12)16;/h1-2,14,16H,3-10H2;/q-2;. The molecule has 3 rings (SSSR count). The van der Waals surface area contributed by atoms with Gasteiger partial charge in [-0.3, -0.25) is 6.08 Å². The first-order valence-corrected chi connectivity index (χ1v) is 6.81. The van der Waals surface area contributed by atoms with Gasteiger partial charge in [0.1, 0.15) is 0 Å². The average molecular weight is 301 g/mol. The third-order valence-electron chi connectivity index (χ3n) is 4.60. The molecule has 0 aromatic carbocycles. The van der Waals surface area contributed by atoms with Gasteiger partial charge in [0.15, 0.2) is 0 Å². The van der Waals surface area contributed by atoms with Crippen LogP contribution in [0.2, 0.25) is 0 Å². The van der Waals surface area contributed by atoms with Crippen LogP contribution in [-0.2, 0) is 32.7 Å². The van der Waals surface area contributed by atoms with Crippen LogP contribution in [0.15, 0.2) is 22.8 Å². The van der Waals surface area contributed by atoms with Gasteiger partial charge in [-0.1, -0.05) is 57.3 Å². The smallest absolute Gasteiger partial charge is 0 e. The molecule has 2 atom stereocenters. The Labute approximate surface area is 131 Å². The SMILES string of the molecule is [CH-]=CC1=[C-]C2=C(CCCC2)C2CCCCC12.[Y]. The summed E-state index contributed by atoms with van der Waals surface area (Å²) in [5.41, 5.74) is 4.58. The van der Waals surface area contributed by atoms with Crippen LogP contribution in [0.25, 0.3) is 0 Å². The van der Waals surface area contributed by atoms with Crippen LogP contribution in [0.5, 0.6) is 0 Å². The van der Waals surface area contributed by atoms with Gasteiger partial charge in [0.2, 0.25) is 0 Å². The molecule has 3 aliphatic carbocycles. The molecule has 0 amide bonds. The first-order valence-electron chi connectivity index (χ1n) is 6.81. The molecule has 17 heavy (non-hydrogen) atoms. The number of fused-ring (bicyclic) bond motifs is 2. The Morgan fingerprint density at radius 2 is 1.71 bits per heavy atom. The van der Waals surface area contributed by atoms with Gasteiger partial charge in [0.05, 0.1) is 0 Å². The minimum absolute atomic E-state index is 0. The summed E-state index contributed by atoms with van der Waals surface area (Å²) < 4.78 is 0. The molecule has 0 nitrogen and oxygen atoms in total. The van der Waals surface area contributed by atoms with Gasteiger partial charge >= 0.3 is 0 Å². The molecule has 1 heteroatoms. The summed E-state index contributed by atoms with van der Waals surface area (Å²) in [5.74, 6) is 1.52. The Kier molecular flexibility index (Phi) is 4.83. The fraction of sp³-hybridized carbons (Fsp3) is 0.625. The van der Waals surface area contributed by atoms with Crippen molar-refractivity contribution in [1.29, 1.82) is 0 Å². The number of hydrogen-bond donors (Lipinski definition) is 0. The van der Waals surface area contributed by atoms with E-state index in [0.29, 0.717) is 5.92 Å². The maximum absolute atomic E-state index is 5.78. The van der Waals surface area contributed by atoms with Crippen molar-refractivity contribution in [3.05, 3.63) is 35.5 Å². The minimum atomic E-state index is 0. The first-order chi connectivity index (χ1) is 7.90. The first kappa shape index (κ1) is 13.7. The van der Waals surface area contributed by atoms with E-state index in [1.54, 1.807) is 5.57 Å². The van der Waals surface area contributed by atoms with Crippen LogP contribution in [0.3, 0.4) is 0 Å². The second kappa shape index (κ2) is 5.98. The molecule has 3 aliphatic rings. The topological polar surface area (TPSA) is 0 Å². The summed E-state index contributed by atoms with van der Waals surface area (Å²) in [5, 5.41) is 0. The fourth-order valence-corrected chi connectivity index (χ4v) is 3.83. The minimum Gasteiger partial charge on any atom is -0.361 e. The third-order valence-corrected chi connectivity index (χ3v) is 4.60. The Morgan fingerprint density at radius 1 is 1.00 bits per heavy atom. The quantitative estimate of drug-likeness (QED) is 0.630. The van der Waals surface area contributed by atoms with Crippen molar-refractivity contribution < 1.29 is 32.7 Å². The maximum Gasteiger partial charge on any atom is 0 e. The molecule has 89 valence electrons. The predicted octanol–water partition coefficient (Wildman–Crippen LogP) is 4.39. The molecule has 0 N–H and O–H groups in total. The summed E-state index contributed by atoms with van der Waals surface area (Å²) in [6.07, 6.45) is 16.3. The van der Waals surface area contributed by atoms with E-state index in [2.05, 4.69) is 6.08 Å². The number of hydrogen-bond acceptors (Lipinski definition) is 0. The van der Waals surface area contributed by atoms with Gasteiger partial charge in [0, 0.05) is 32.7 Å². The van der Waals surface area contributed by atoms with Crippen molar-refractivity contribution in [2.24, 2.45) is 11.8 Å². The second-order valence-electron chi connectivity index (χ2n) is 5.46. The van der Waals surface area contributed by atoms with E-state index in [9.17, 15) is 0 Å². The molecular formula is C16H20Y-2. The summed E-state index contributed by atoms with van der Waals surface area (Å²) >= 11 is 0. The van der Waals surface area contributed by atoms with E-state index in [4.69, 9.17) is 6.58 Å². The van der Waals surface area contributed by atoms with Crippen LogP contribution < -0.4 is 0 Å². The Bertz CT molecular complexity index is 362. The van der Waals surface area contributed by atoms with Crippen LogP contribution in [0.4, 0.5) is 0 Å². The molecule has 1 radical (unpaired) electrons. The zero-order valence-electron chi connectivity index (χ0n) is 10.5. The van der Waals surface area contributed by atoms with Crippen molar-refractivity contribution in [2.45, 2.75) is 51.4 Å². The molecule has 1 saturated carbocycles. The fourth-order valence-electron chi connectivity index (χ4n) is 3.83. The zero-order valence-corrected chi connectivity index (χ0v) is 13.4. The second-order valence-corrected chi connectivity index (χ2v) is 5.46. The zero-order chi connectivity index (χ0) is 11.0. The number of rotatable bonds is 1. The maximum atomic E-state index is 5.78. The molecule has 0 spiro atoms. The molecule has 0 heterocycles. The molecule has 2 unspecified atom stereocenters. The van der Waals surface area contributed by atoms with E-state index in [0.717, 1.165) is 5.92 Å².